The van der Waals surface area contributed by atoms with Crippen molar-refractivity contribution in [2.45, 2.75) is 52.5 Å². The molecule has 1 atom stereocenters. The Morgan fingerprint density at radius 1 is 1.22 bits per heavy atom. The number of likely N-dealkylation sites (tertiary alicyclic amines) is 1. The van der Waals surface area contributed by atoms with Gasteiger partial charge in [0.2, 0.25) is 10.0 Å². The maximum Gasteiger partial charge on any atom is 0.211 e. The Labute approximate surface area is 112 Å². The third-order valence-corrected chi connectivity index (χ3v) is 4.96. The highest BCUT2D eigenvalue weighted by atomic mass is 32.2. The molecule has 0 aromatic rings. The molecule has 0 saturated carbocycles. The summed E-state index contributed by atoms with van der Waals surface area (Å²) in [6.07, 6.45) is 4.23. The van der Waals surface area contributed by atoms with Gasteiger partial charge in [0.1, 0.15) is 0 Å². The van der Waals surface area contributed by atoms with E-state index in [1.54, 1.807) is 0 Å². The van der Waals surface area contributed by atoms with E-state index in [1.165, 1.54) is 12.8 Å². The molecular formula is C13H28N2O2S. The zero-order valence-corrected chi connectivity index (χ0v) is 12.8. The fraction of sp³-hybridized carbons (Fsp3) is 1.00. The highest BCUT2D eigenvalue weighted by molar-refractivity contribution is 7.89. The lowest BCUT2D eigenvalue weighted by Crippen LogP contribution is -2.43. The van der Waals surface area contributed by atoms with Crippen molar-refractivity contribution >= 4 is 10.0 Å². The molecular weight excluding hydrogens is 248 g/mol. The van der Waals surface area contributed by atoms with Crippen LogP contribution in [0.2, 0.25) is 0 Å². The highest BCUT2D eigenvalue weighted by Gasteiger charge is 2.24. The lowest BCUT2D eigenvalue weighted by molar-refractivity contribution is 0.214. The molecule has 0 spiro atoms. The summed E-state index contributed by atoms with van der Waals surface area (Å²) in [4.78, 5) is 2.44. The van der Waals surface area contributed by atoms with E-state index < -0.39 is 10.0 Å². The van der Waals surface area contributed by atoms with Crippen molar-refractivity contribution in [3.05, 3.63) is 0 Å². The number of hydrogen-bond donors (Lipinski definition) is 1. The number of rotatable bonds is 8. The van der Waals surface area contributed by atoms with E-state index in [0.29, 0.717) is 24.9 Å². The summed E-state index contributed by atoms with van der Waals surface area (Å²) in [6.45, 7) is 9.10. The van der Waals surface area contributed by atoms with Gasteiger partial charge >= 0.3 is 0 Å². The molecule has 4 nitrogen and oxygen atoms in total. The molecule has 0 aromatic carbocycles. The van der Waals surface area contributed by atoms with Crippen molar-refractivity contribution in [1.29, 1.82) is 0 Å². The molecule has 1 aliphatic heterocycles. The van der Waals surface area contributed by atoms with Crippen LogP contribution in [-0.2, 0) is 10.0 Å². The summed E-state index contributed by atoms with van der Waals surface area (Å²) in [5.41, 5.74) is 0. The van der Waals surface area contributed by atoms with Gasteiger partial charge in [0.05, 0.1) is 5.75 Å². The summed E-state index contributed by atoms with van der Waals surface area (Å²) in [6, 6.07) is 0.360. The first-order valence-corrected chi connectivity index (χ1v) is 8.81. The van der Waals surface area contributed by atoms with Gasteiger partial charge < -0.3 is 0 Å². The summed E-state index contributed by atoms with van der Waals surface area (Å²) >= 11 is 0. The monoisotopic (exact) mass is 276 g/mol. The van der Waals surface area contributed by atoms with Crippen molar-refractivity contribution in [2.24, 2.45) is 5.92 Å². The molecule has 1 N–H and O–H groups in total. The lowest BCUT2D eigenvalue weighted by atomic mass is 10.0. The minimum absolute atomic E-state index is 0.237. The van der Waals surface area contributed by atoms with Crippen molar-refractivity contribution in [3.63, 3.8) is 0 Å². The minimum atomic E-state index is -3.07. The van der Waals surface area contributed by atoms with E-state index in [1.807, 2.05) is 6.92 Å². The third kappa shape index (κ3) is 5.67. The molecule has 0 amide bonds. The van der Waals surface area contributed by atoms with Gasteiger partial charge in [0.15, 0.2) is 0 Å². The average molecular weight is 276 g/mol. The molecule has 1 fully saturated rings. The SMILES string of the molecule is CCCS(=O)(=O)NCC(CC(C)C)N1CCCC1. The Bertz CT molecular complexity index is 322. The summed E-state index contributed by atoms with van der Waals surface area (Å²) in [7, 11) is -3.07. The highest BCUT2D eigenvalue weighted by Crippen LogP contribution is 2.17. The van der Waals surface area contributed by atoms with Crippen LogP contribution in [0.3, 0.4) is 0 Å². The molecule has 18 heavy (non-hydrogen) atoms. The van der Waals surface area contributed by atoms with Gasteiger partial charge in [-0.2, -0.15) is 0 Å². The van der Waals surface area contributed by atoms with Gasteiger partial charge in [-0.05, 0) is 44.7 Å². The molecule has 0 radical (unpaired) electrons. The Hall–Kier alpha value is -0.130. The molecule has 1 heterocycles. The van der Waals surface area contributed by atoms with Crippen LogP contribution in [0, 0.1) is 5.92 Å². The van der Waals surface area contributed by atoms with Crippen LogP contribution in [0.25, 0.3) is 0 Å². The molecule has 108 valence electrons. The zero-order valence-electron chi connectivity index (χ0n) is 12.0. The maximum absolute atomic E-state index is 11.7. The average Bonchev–Trinajstić information content (AvgIpc) is 2.77. The summed E-state index contributed by atoms with van der Waals surface area (Å²) < 4.78 is 26.2. The van der Waals surface area contributed by atoms with Gasteiger partial charge in [-0.1, -0.05) is 20.8 Å². The van der Waals surface area contributed by atoms with Crippen molar-refractivity contribution in [1.82, 2.24) is 9.62 Å². The van der Waals surface area contributed by atoms with Crippen LogP contribution in [0.5, 0.6) is 0 Å². The standard InChI is InChI=1S/C13H28N2O2S/c1-4-9-18(16,17)14-11-13(10-12(2)3)15-7-5-6-8-15/h12-14H,4-11H2,1-3H3. The van der Waals surface area contributed by atoms with E-state index in [4.69, 9.17) is 0 Å². The zero-order chi connectivity index (χ0) is 13.6. The largest absolute Gasteiger partial charge is 0.299 e. The van der Waals surface area contributed by atoms with E-state index in [-0.39, 0.29) is 5.75 Å². The molecule has 0 bridgehead atoms. The van der Waals surface area contributed by atoms with E-state index in [9.17, 15) is 8.42 Å². The summed E-state index contributed by atoms with van der Waals surface area (Å²) in [5, 5.41) is 0. The molecule has 1 aliphatic rings. The van der Waals surface area contributed by atoms with Crippen LogP contribution in [-0.4, -0.2) is 44.7 Å². The van der Waals surface area contributed by atoms with Crippen molar-refractivity contribution in [2.75, 3.05) is 25.4 Å². The number of sulfonamides is 1. The first-order chi connectivity index (χ1) is 8.44. The van der Waals surface area contributed by atoms with Crippen LogP contribution in [0.1, 0.15) is 46.5 Å². The molecule has 1 rings (SSSR count). The normalized spacial score (nSPS) is 19.6. The molecule has 5 heteroatoms. The number of hydrogen-bond acceptors (Lipinski definition) is 3. The van der Waals surface area contributed by atoms with E-state index in [2.05, 4.69) is 23.5 Å². The van der Waals surface area contributed by atoms with Crippen LogP contribution < -0.4 is 4.72 Å². The molecule has 1 unspecified atom stereocenters. The Kier molecular flexibility index (Phi) is 6.60. The van der Waals surface area contributed by atoms with Gasteiger partial charge in [0.25, 0.3) is 0 Å². The first kappa shape index (κ1) is 15.9. The maximum atomic E-state index is 11.7. The number of nitrogens with one attached hydrogen (secondary N) is 1. The minimum Gasteiger partial charge on any atom is -0.299 e. The Morgan fingerprint density at radius 3 is 2.33 bits per heavy atom. The predicted molar refractivity (Wildman–Crippen MR) is 76.1 cm³/mol. The van der Waals surface area contributed by atoms with Crippen LogP contribution in [0.4, 0.5) is 0 Å². The smallest absolute Gasteiger partial charge is 0.211 e. The lowest BCUT2D eigenvalue weighted by Gasteiger charge is -2.29. The fourth-order valence-corrected chi connectivity index (χ4v) is 3.70. The third-order valence-electron chi connectivity index (χ3n) is 3.41. The Balaban J connectivity index is 2.50. The van der Waals surface area contributed by atoms with Gasteiger partial charge in [0, 0.05) is 12.6 Å². The van der Waals surface area contributed by atoms with Gasteiger partial charge in [-0.25, -0.2) is 13.1 Å². The molecule has 1 saturated heterocycles. The van der Waals surface area contributed by atoms with Gasteiger partial charge in [-0.3, -0.25) is 4.90 Å². The second kappa shape index (κ2) is 7.46. The quantitative estimate of drug-likeness (QED) is 0.736. The topological polar surface area (TPSA) is 49.4 Å². The van der Waals surface area contributed by atoms with Crippen molar-refractivity contribution < 1.29 is 8.42 Å². The Morgan fingerprint density at radius 2 is 1.83 bits per heavy atom. The van der Waals surface area contributed by atoms with Crippen molar-refractivity contribution in [3.8, 4) is 0 Å². The fourth-order valence-electron chi connectivity index (χ4n) is 2.58. The molecule has 0 aromatic heterocycles. The second-order valence-corrected chi connectivity index (χ2v) is 7.62. The predicted octanol–water partition coefficient (Wildman–Crippen LogP) is 1.83. The van der Waals surface area contributed by atoms with E-state index >= 15 is 0 Å². The molecule has 0 aliphatic carbocycles. The van der Waals surface area contributed by atoms with E-state index in [0.717, 1.165) is 19.5 Å². The first-order valence-electron chi connectivity index (χ1n) is 7.16. The van der Waals surface area contributed by atoms with Crippen LogP contribution in [0.15, 0.2) is 0 Å². The van der Waals surface area contributed by atoms with Gasteiger partial charge in [-0.15, -0.1) is 0 Å². The summed E-state index contributed by atoms with van der Waals surface area (Å²) in [5.74, 6) is 0.841. The number of nitrogens with zero attached hydrogens (tertiary/aromatic N) is 1. The van der Waals surface area contributed by atoms with Crippen LogP contribution >= 0.6 is 0 Å². The second-order valence-electron chi connectivity index (χ2n) is 5.69.